The zero-order valence-electron chi connectivity index (χ0n) is 33.1. The summed E-state index contributed by atoms with van der Waals surface area (Å²) in [6, 6.07) is 79.2. The first-order chi connectivity index (χ1) is 30.2. The number of rotatable bonds is 5. The van der Waals surface area contributed by atoms with E-state index in [1.807, 2.05) is 0 Å². The van der Waals surface area contributed by atoms with Gasteiger partial charge in [-0.2, -0.15) is 0 Å². The lowest BCUT2D eigenvalue weighted by Gasteiger charge is -2.10. The zero-order valence-corrected chi connectivity index (χ0v) is 33.1. The molecular weight excluding hydrogens is 741 g/mol. The molecule has 0 amide bonds. The number of nitrogens with zero attached hydrogens (tertiary/aromatic N) is 4. The Bertz CT molecular complexity index is 3650. The molecule has 0 aliphatic rings. The molecule has 4 heteroatoms. The van der Waals surface area contributed by atoms with E-state index >= 15 is 0 Å². The van der Waals surface area contributed by atoms with Gasteiger partial charge >= 0.3 is 0 Å². The fourth-order valence-corrected chi connectivity index (χ4v) is 9.82. The standard InChI is InChI=1S/C57H36N4/c1-3-14-42(15-4-1)59-51-21-11-8-18-44(51)46-33-38(23-28-53(46)59)40-25-30-55-48(35-40)49-36-41(26-31-56(49)61(55)57-32-27-37-13-7-10-20-50(37)58-57)39-24-29-54-47(34-39)45-19-9-12-22-52(45)60(54)43-16-5-2-6-17-43/h1-36H. The van der Waals surface area contributed by atoms with Crippen molar-refractivity contribution in [2.45, 2.75) is 0 Å². The van der Waals surface area contributed by atoms with Gasteiger partial charge in [0.1, 0.15) is 5.82 Å². The van der Waals surface area contributed by atoms with E-state index in [-0.39, 0.29) is 0 Å². The molecule has 4 aromatic heterocycles. The van der Waals surface area contributed by atoms with Crippen molar-refractivity contribution >= 4 is 76.3 Å². The van der Waals surface area contributed by atoms with Crippen molar-refractivity contribution in [3.63, 3.8) is 0 Å². The summed E-state index contributed by atoms with van der Waals surface area (Å²) in [6.45, 7) is 0. The number of pyridine rings is 1. The Kier molecular flexibility index (Phi) is 7.27. The number of hydrogen-bond acceptors (Lipinski definition) is 1. The fourth-order valence-electron chi connectivity index (χ4n) is 9.82. The molecule has 284 valence electrons. The third-order valence-electron chi connectivity index (χ3n) is 12.6. The molecule has 0 unspecified atom stereocenters. The summed E-state index contributed by atoms with van der Waals surface area (Å²) in [5.41, 5.74) is 15.1. The van der Waals surface area contributed by atoms with E-state index in [4.69, 9.17) is 4.98 Å². The summed E-state index contributed by atoms with van der Waals surface area (Å²) in [5, 5.41) is 8.49. The van der Waals surface area contributed by atoms with E-state index in [9.17, 15) is 0 Å². The van der Waals surface area contributed by atoms with Gasteiger partial charge in [-0.25, -0.2) is 4.98 Å². The zero-order chi connectivity index (χ0) is 40.0. The molecule has 13 aromatic rings. The van der Waals surface area contributed by atoms with Crippen LogP contribution in [0.2, 0.25) is 0 Å². The van der Waals surface area contributed by atoms with Crippen LogP contribution < -0.4 is 0 Å². The first-order valence-corrected chi connectivity index (χ1v) is 20.9. The number of benzene rings is 9. The van der Waals surface area contributed by atoms with Crippen molar-refractivity contribution in [1.82, 2.24) is 18.7 Å². The number of aromatic nitrogens is 4. The Morgan fingerprint density at radius 1 is 0.262 bits per heavy atom. The van der Waals surface area contributed by atoms with Gasteiger partial charge in [-0.05, 0) is 125 Å². The quantitative estimate of drug-likeness (QED) is 0.171. The summed E-state index contributed by atoms with van der Waals surface area (Å²) >= 11 is 0. The first-order valence-electron chi connectivity index (χ1n) is 20.9. The highest BCUT2D eigenvalue weighted by atomic mass is 15.1. The summed E-state index contributed by atoms with van der Waals surface area (Å²) < 4.78 is 7.08. The maximum Gasteiger partial charge on any atom is 0.138 e. The molecule has 0 spiro atoms. The van der Waals surface area contributed by atoms with Crippen LogP contribution in [-0.2, 0) is 0 Å². The SMILES string of the molecule is c1ccc(-n2c3ccccc3c3cc(-c4ccc5c(c4)c4cc(-c6ccc7c(c6)c6ccccc6n7-c6ccccc6)ccc4n5-c4ccc5ccccc5n4)ccc32)cc1. The van der Waals surface area contributed by atoms with Crippen LogP contribution in [0, 0.1) is 0 Å². The molecule has 0 N–H and O–H groups in total. The lowest BCUT2D eigenvalue weighted by Crippen LogP contribution is -1.97. The Morgan fingerprint density at radius 2 is 0.639 bits per heavy atom. The van der Waals surface area contributed by atoms with E-state index in [1.54, 1.807) is 0 Å². The van der Waals surface area contributed by atoms with Crippen LogP contribution in [0.3, 0.4) is 0 Å². The minimum atomic E-state index is 0.907. The Labute approximate surface area is 351 Å². The normalized spacial score (nSPS) is 11.9. The van der Waals surface area contributed by atoms with Crippen LogP contribution in [0.15, 0.2) is 218 Å². The molecule has 0 radical (unpaired) electrons. The molecule has 0 fully saturated rings. The number of para-hydroxylation sites is 5. The molecular formula is C57H36N4. The molecule has 9 aromatic carbocycles. The molecule has 4 nitrogen and oxygen atoms in total. The smallest absolute Gasteiger partial charge is 0.138 e. The van der Waals surface area contributed by atoms with Gasteiger partial charge < -0.3 is 9.13 Å². The van der Waals surface area contributed by atoms with E-state index in [2.05, 4.69) is 232 Å². The van der Waals surface area contributed by atoms with Crippen LogP contribution in [0.1, 0.15) is 0 Å². The minimum Gasteiger partial charge on any atom is -0.309 e. The maximum absolute atomic E-state index is 5.22. The third kappa shape index (κ3) is 5.16. The summed E-state index contributed by atoms with van der Waals surface area (Å²) in [5.74, 6) is 0.907. The van der Waals surface area contributed by atoms with Gasteiger partial charge in [0.25, 0.3) is 0 Å². The Balaban J connectivity index is 1.02. The predicted molar refractivity (Wildman–Crippen MR) is 256 cm³/mol. The van der Waals surface area contributed by atoms with E-state index in [1.165, 1.54) is 76.6 Å². The molecule has 0 bridgehead atoms. The predicted octanol–water partition coefficient (Wildman–Crippen LogP) is 14.9. The molecule has 0 atom stereocenters. The van der Waals surface area contributed by atoms with Gasteiger partial charge in [-0.3, -0.25) is 4.57 Å². The Hall–Kier alpha value is -8.21. The summed E-state index contributed by atoms with van der Waals surface area (Å²) in [7, 11) is 0. The van der Waals surface area contributed by atoms with Gasteiger partial charge in [0.2, 0.25) is 0 Å². The molecule has 0 saturated carbocycles. The molecule has 4 heterocycles. The second kappa shape index (κ2) is 13.2. The molecule has 61 heavy (non-hydrogen) atoms. The minimum absolute atomic E-state index is 0.907. The largest absolute Gasteiger partial charge is 0.309 e. The Morgan fingerprint density at radius 3 is 1.13 bits per heavy atom. The van der Waals surface area contributed by atoms with Gasteiger partial charge in [-0.15, -0.1) is 0 Å². The molecule has 0 aliphatic carbocycles. The van der Waals surface area contributed by atoms with E-state index in [0.717, 1.165) is 39.1 Å². The van der Waals surface area contributed by atoms with Crippen molar-refractivity contribution in [1.29, 1.82) is 0 Å². The van der Waals surface area contributed by atoms with Gasteiger partial charge in [0.05, 0.1) is 38.6 Å². The lowest BCUT2D eigenvalue weighted by molar-refractivity contribution is 1.10. The monoisotopic (exact) mass is 776 g/mol. The van der Waals surface area contributed by atoms with E-state index < -0.39 is 0 Å². The number of fused-ring (bicyclic) bond motifs is 10. The highest BCUT2D eigenvalue weighted by Gasteiger charge is 2.19. The summed E-state index contributed by atoms with van der Waals surface area (Å²) in [4.78, 5) is 5.22. The van der Waals surface area contributed by atoms with Gasteiger partial charge in [-0.1, -0.05) is 115 Å². The first kappa shape index (κ1) is 33.7. The molecule has 0 aliphatic heterocycles. The van der Waals surface area contributed by atoms with E-state index in [0.29, 0.717) is 0 Å². The van der Waals surface area contributed by atoms with Gasteiger partial charge in [0.15, 0.2) is 0 Å². The van der Waals surface area contributed by atoms with Gasteiger partial charge in [0, 0.05) is 49.1 Å². The average molecular weight is 777 g/mol. The second-order valence-corrected chi connectivity index (χ2v) is 16.0. The van der Waals surface area contributed by atoms with Crippen molar-refractivity contribution in [3.05, 3.63) is 218 Å². The molecule has 13 rings (SSSR count). The van der Waals surface area contributed by atoms with Crippen molar-refractivity contribution < 1.29 is 0 Å². The molecule has 0 saturated heterocycles. The van der Waals surface area contributed by atoms with Crippen LogP contribution in [0.4, 0.5) is 0 Å². The highest BCUT2D eigenvalue weighted by molar-refractivity contribution is 6.14. The average Bonchev–Trinajstić information content (AvgIpc) is 3.96. The maximum atomic E-state index is 5.22. The van der Waals surface area contributed by atoms with Crippen molar-refractivity contribution in [2.24, 2.45) is 0 Å². The number of hydrogen-bond donors (Lipinski definition) is 0. The summed E-state index contributed by atoms with van der Waals surface area (Å²) in [6.07, 6.45) is 0. The van der Waals surface area contributed by atoms with Crippen LogP contribution in [0.5, 0.6) is 0 Å². The fraction of sp³-hybridized carbons (Fsp3) is 0. The highest BCUT2D eigenvalue weighted by Crippen LogP contribution is 2.41. The van der Waals surface area contributed by atoms with Crippen LogP contribution in [-0.4, -0.2) is 18.7 Å². The van der Waals surface area contributed by atoms with Crippen LogP contribution in [0.25, 0.3) is 116 Å². The lowest BCUT2D eigenvalue weighted by atomic mass is 9.98. The second-order valence-electron chi connectivity index (χ2n) is 16.0. The van der Waals surface area contributed by atoms with Crippen molar-refractivity contribution in [3.8, 4) is 39.4 Å². The topological polar surface area (TPSA) is 27.7 Å². The third-order valence-corrected chi connectivity index (χ3v) is 12.6. The van der Waals surface area contributed by atoms with Crippen LogP contribution >= 0.6 is 0 Å². The van der Waals surface area contributed by atoms with Crippen molar-refractivity contribution in [2.75, 3.05) is 0 Å².